The Balaban J connectivity index is 1.55. The molecule has 3 aliphatic rings. The van der Waals surface area contributed by atoms with Gasteiger partial charge in [-0.1, -0.05) is 32.1 Å². The summed E-state index contributed by atoms with van der Waals surface area (Å²) in [6.07, 6.45) is 9.46. The number of hydrogen-bond donors (Lipinski definition) is 0. The van der Waals surface area contributed by atoms with Gasteiger partial charge in [0, 0.05) is 6.92 Å². The summed E-state index contributed by atoms with van der Waals surface area (Å²) in [5.74, 6) is -2.17. The van der Waals surface area contributed by atoms with Gasteiger partial charge in [0.25, 0.3) is 0 Å². The van der Waals surface area contributed by atoms with Crippen LogP contribution in [0.3, 0.4) is 0 Å². The van der Waals surface area contributed by atoms with Crippen LogP contribution in [0.2, 0.25) is 0 Å². The van der Waals surface area contributed by atoms with Crippen molar-refractivity contribution in [3.63, 3.8) is 0 Å². The Morgan fingerprint density at radius 3 is 2.25 bits per heavy atom. The molecule has 0 aromatic heterocycles. The monoisotopic (exact) mass is 286 g/mol. The zero-order chi connectivity index (χ0) is 14.3. The normalized spacial score (nSPS) is 38.1. The third-order valence-electron chi connectivity index (χ3n) is 5.72. The molecule has 0 saturated heterocycles. The second-order valence-electron chi connectivity index (χ2n) is 7.12. The highest BCUT2D eigenvalue weighted by atomic mass is 19.3. The quantitative estimate of drug-likeness (QED) is 0.727. The Bertz CT molecular complexity index is 371. The number of fused-ring (bicyclic) bond motifs is 2. The van der Waals surface area contributed by atoms with Crippen molar-refractivity contribution in [2.75, 3.05) is 0 Å². The molecule has 0 aromatic rings. The molecule has 4 unspecified atom stereocenters. The molecule has 0 aliphatic heterocycles. The van der Waals surface area contributed by atoms with Gasteiger partial charge < -0.3 is 4.74 Å². The number of rotatable bonds is 3. The van der Waals surface area contributed by atoms with Crippen molar-refractivity contribution in [1.82, 2.24) is 0 Å². The molecule has 2 nitrogen and oxygen atoms in total. The Labute approximate surface area is 119 Å². The van der Waals surface area contributed by atoms with E-state index in [9.17, 15) is 13.6 Å². The van der Waals surface area contributed by atoms with Crippen molar-refractivity contribution in [3.05, 3.63) is 0 Å². The molecular formula is C16H24F2O2. The van der Waals surface area contributed by atoms with Crippen LogP contribution in [0, 0.1) is 23.7 Å². The highest BCUT2D eigenvalue weighted by Crippen LogP contribution is 2.54. The summed E-state index contributed by atoms with van der Waals surface area (Å²) in [6, 6.07) is 0. The minimum absolute atomic E-state index is 0.252. The summed E-state index contributed by atoms with van der Waals surface area (Å²) in [7, 11) is 0. The summed E-state index contributed by atoms with van der Waals surface area (Å²) in [5.41, 5.74) is 0. The van der Waals surface area contributed by atoms with Crippen molar-refractivity contribution in [2.24, 2.45) is 23.7 Å². The lowest BCUT2D eigenvalue weighted by Gasteiger charge is -2.35. The number of alkyl halides is 2. The van der Waals surface area contributed by atoms with Crippen molar-refractivity contribution in [3.8, 4) is 0 Å². The summed E-state index contributed by atoms with van der Waals surface area (Å²) < 4.78 is 30.9. The Morgan fingerprint density at radius 1 is 1.00 bits per heavy atom. The lowest BCUT2D eigenvalue weighted by atomic mass is 9.72. The third-order valence-corrected chi connectivity index (χ3v) is 5.72. The highest BCUT2D eigenvalue weighted by molar-refractivity contribution is 5.77. The van der Waals surface area contributed by atoms with Gasteiger partial charge in [-0.05, 0) is 42.9 Å². The molecule has 3 fully saturated rings. The molecular weight excluding hydrogens is 262 g/mol. The van der Waals surface area contributed by atoms with Gasteiger partial charge in [0.15, 0.2) is 0 Å². The van der Waals surface area contributed by atoms with E-state index in [4.69, 9.17) is 4.74 Å². The van der Waals surface area contributed by atoms with Gasteiger partial charge in [-0.25, -0.2) is 4.79 Å². The largest absolute Gasteiger partial charge is 0.458 e. The molecule has 3 rings (SSSR count). The van der Waals surface area contributed by atoms with E-state index in [1.165, 1.54) is 32.1 Å². The SMILES string of the molecule is CC(F)(F)C(=O)OC1CC2CC1CC2C1CCCCC1. The second-order valence-corrected chi connectivity index (χ2v) is 7.12. The van der Waals surface area contributed by atoms with Gasteiger partial charge in [-0.15, -0.1) is 0 Å². The molecule has 0 N–H and O–H groups in total. The number of ether oxygens (including phenoxy) is 1. The van der Waals surface area contributed by atoms with Crippen LogP contribution in [-0.2, 0) is 9.53 Å². The second kappa shape index (κ2) is 5.27. The minimum atomic E-state index is -3.36. The molecule has 0 heterocycles. The van der Waals surface area contributed by atoms with Gasteiger partial charge in [-0.2, -0.15) is 8.78 Å². The van der Waals surface area contributed by atoms with Crippen LogP contribution in [0.1, 0.15) is 58.3 Å². The molecule has 20 heavy (non-hydrogen) atoms. The lowest BCUT2D eigenvalue weighted by molar-refractivity contribution is -0.178. The van der Waals surface area contributed by atoms with E-state index in [2.05, 4.69) is 0 Å². The van der Waals surface area contributed by atoms with Crippen LogP contribution < -0.4 is 0 Å². The van der Waals surface area contributed by atoms with Crippen LogP contribution >= 0.6 is 0 Å². The summed E-state index contributed by atoms with van der Waals surface area (Å²) in [4.78, 5) is 11.3. The zero-order valence-electron chi connectivity index (χ0n) is 12.1. The summed E-state index contributed by atoms with van der Waals surface area (Å²) in [5, 5.41) is 0. The van der Waals surface area contributed by atoms with Gasteiger partial charge in [-0.3, -0.25) is 0 Å². The fourth-order valence-corrected chi connectivity index (χ4v) is 4.79. The standard InChI is InChI=1S/C16H24F2O2/c1-16(17,18)15(19)20-14-9-11-7-12(14)8-13(11)10-5-3-2-4-6-10/h10-14H,2-9H2,1H3. The van der Waals surface area contributed by atoms with E-state index < -0.39 is 11.9 Å². The smallest absolute Gasteiger partial charge is 0.376 e. The fraction of sp³-hybridized carbons (Fsp3) is 0.938. The van der Waals surface area contributed by atoms with Crippen molar-refractivity contribution in [2.45, 2.75) is 70.3 Å². The first-order valence-electron chi connectivity index (χ1n) is 8.04. The van der Waals surface area contributed by atoms with E-state index >= 15 is 0 Å². The van der Waals surface area contributed by atoms with Crippen LogP contribution in [0.4, 0.5) is 8.78 Å². The molecule has 114 valence electrons. The molecule has 3 aliphatic carbocycles. The summed E-state index contributed by atoms with van der Waals surface area (Å²) >= 11 is 0. The maximum Gasteiger partial charge on any atom is 0.376 e. The van der Waals surface area contributed by atoms with Crippen molar-refractivity contribution in [1.29, 1.82) is 0 Å². The maximum atomic E-state index is 12.9. The lowest BCUT2D eigenvalue weighted by Crippen LogP contribution is -2.35. The number of carbonyl (C=O) groups is 1. The molecule has 3 saturated carbocycles. The zero-order valence-corrected chi connectivity index (χ0v) is 12.1. The van der Waals surface area contributed by atoms with E-state index in [1.54, 1.807) is 0 Å². The molecule has 0 amide bonds. The first-order valence-corrected chi connectivity index (χ1v) is 8.04. The van der Waals surface area contributed by atoms with Gasteiger partial charge in [0.2, 0.25) is 0 Å². The third kappa shape index (κ3) is 2.71. The first-order chi connectivity index (χ1) is 9.45. The Morgan fingerprint density at radius 2 is 1.70 bits per heavy atom. The number of hydrogen-bond acceptors (Lipinski definition) is 2. The van der Waals surface area contributed by atoms with Gasteiger partial charge in [0.05, 0.1) is 0 Å². The minimum Gasteiger partial charge on any atom is -0.458 e. The Hall–Kier alpha value is -0.670. The van der Waals surface area contributed by atoms with Gasteiger partial charge in [0.1, 0.15) is 6.10 Å². The molecule has 0 spiro atoms. The Kier molecular flexibility index (Phi) is 3.76. The summed E-state index contributed by atoms with van der Waals surface area (Å²) in [6.45, 7) is 0.618. The topological polar surface area (TPSA) is 26.3 Å². The van der Waals surface area contributed by atoms with Crippen LogP contribution in [0.25, 0.3) is 0 Å². The molecule has 2 bridgehead atoms. The molecule has 0 aromatic carbocycles. The average molecular weight is 286 g/mol. The average Bonchev–Trinajstić information content (AvgIpc) is 2.98. The maximum absolute atomic E-state index is 12.9. The van der Waals surface area contributed by atoms with Crippen LogP contribution in [0.15, 0.2) is 0 Å². The number of halogens is 2. The van der Waals surface area contributed by atoms with Crippen LogP contribution in [0.5, 0.6) is 0 Å². The predicted molar refractivity (Wildman–Crippen MR) is 71.4 cm³/mol. The number of carbonyl (C=O) groups excluding carboxylic acids is 1. The van der Waals surface area contributed by atoms with E-state index in [0.717, 1.165) is 31.1 Å². The molecule has 4 atom stereocenters. The predicted octanol–water partition coefficient (Wildman–Crippen LogP) is 4.18. The van der Waals surface area contributed by atoms with E-state index in [1.807, 2.05) is 0 Å². The van der Waals surface area contributed by atoms with E-state index in [0.29, 0.717) is 18.8 Å². The highest BCUT2D eigenvalue weighted by Gasteiger charge is 2.51. The first kappa shape index (κ1) is 14.3. The van der Waals surface area contributed by atoms with Gasteiger partial charge >= 0.3 is 11.9 Å². The van der Waals surface area contributed by atoms with Crippen molar-refractivity contribution < 1.29 is 18.3 Å². The number of esters is 1. The molecule has 4 heteroatoms. The fourth-order valence-electron chi connectivity index (χ4n) is 4.79. The molecule has 0 radical (unpaired) electrons. The van der Waals surface area contributed by atoms with E-state index in [-0.39, 0.29) is 6.10 Å². The van der Waals surface area contributed by atoms with Crippen LogP contribution in [-0.4, -0.2) is 18.0 Å². The van der Waals surface area contributed by atoms with Crippen molar-refractivity contribution >= 4 is 5.97 Å².